The van der Waals surface area contributed by atoms with Crippen molar-refractivity contribution in [1.82, 2.24) is 0 Å². The molecule has 0 radical (unpaired) electrons. The van der Waals surface area contributed by atoms with Crippen molar-refractivity contribution in [3.05, 3.63) is 59.2 Å². The number of anilines is 1. The molecule has 0 aliphatic heterocycles. The Morgan fingerprint density at radius 2 is 1.52 bits per heavy atom. The Labute approximate surface area is 136 Å². The standard InChI is InChI=1S/C19H21NO3/c1-13-7-9-16(10-8-13)23-18(22)12-11-17(21)20-19-14(2)5-4-6-15(19)3/h4-10H,11-12H2,1-3H3,(H,20,21). The molecule has 4 nitrogen and oxygen atoms in total. The number of para-hydroxylation sites is 1. The van der Waals surface area contributed by atoms with Crippen molar-refractivity contribution in [3.8, 4) is 5.75 Å². The molecule has 2 aromatic carbocycles. The number of carbonyl (C=O) groups excluding carboxylic acids is 2. The van der Waals surface area contributed by atoms with Crippen LogP contribution in [0.25, 0.3) is 0 Å². The van der Waals surface area contributed by atoms with E-state index in [9.17, 15) is 9.59 Å². The number of benzene rings is 2. The highest BCUT2D eigenvalue weighted by atomic mass is 16.5. The van der Waals surface area contributed by atoms with E-state index in [0.29, 0.717) is 5.75 Å². The molecule has 0 fully saturated rings. The molecule has 0 spiro atoms. The van der Waals surface area contributed by atoms with Gasteiger partial charge in [-0.1, -0.05) is 35.9 Å². The van der Waals surface area contributed by atoms with Crippen molar-refractivity contribution in [2.75, 3.05) is 5.32 Å². The minimum atomic E-state index is -0.412. The molecule has 0 heterocycles. The molecule has 4 heteroatoms. The van der Waals surface area contributed by atoms with Gasteiger partial charge < -0.3 is 10.1 Å². The van der Waals surface area contributed by atoms with Crippen molar-refractivity contribution in [1.29, 1.82) is 0 Å². The highest BCUT2D eigenvalue weighted by Crippen LogP contribution is 2.19. The van der Waals surface area contributed by atoms with Crippen molar-refractivity contribution in [2.45, 2.75) is 33.6 Å². The van der Waals surface area contributed by atoms with Gasteiger partial charge in [-0.3, -0.25) is 9.59 Å². The largest absolute Gasteiger partial charge is 0.427 e. The lowest BCUT2D eigenvalue weighted by atomic mass is 10.1. The maximum absolute atomic E-state index is 12.0. The van der Waals surface area contributed by atoms with E-state index >= 15 is 0 Å². The number of hydrogen-bond acceptors (Lipinski definition) is 3. The summed E-state index contributed by atoms with van der Waals surface area (Å²) in [5, 5.41) is 2.86. The summed E-state index contributed by atoms with van der Waals surface area (Å²) in [6, 6.07) is 13.0. The highest BCUT2D eigenvalue weighted by Gasteiger charge is 2.11. The summed E-state index contributed by atoms with van der Waals surface area (Å²) in [7, 11) is 0. The molecule has 0 saturated heterocycles. The van der Waals surface area contributed by atoms with Gasteiger partial charge in [0.15, 0.2) is 0 Å². The summed E-state index contributed by atoms with van der Waals surface area (Å²) in [5.74, 6) is -0.107. The number of carbonyl (C=O) groups is 2. The fourth-order valence-electron chi connectivity index (χ4n) is 2.22. The summed E-state index contributed by atoms with van der Waals surface area (Å²) in [4.78, 5) is 23.8. The zero-order valence-electron chi connectivity index (χ0n) is 13.7. The second-order valence-electron chi connectivity index (χ2n) is 5.60. The Kier molecular flexibility index (Phi) is 5.52. The number of amides is 1. The monoisotopic (exact) mass is 311 g/mol. The quantitative estimate of drug-likeness (QED) is 0.672. The van der Waals surface area contributed by atoms with Crippen LogP contribution in [0.1, 0.15) is 29.5 Å². The smallest absolute Gasteiger partial charge is 0.311 e. The topological polar surface area (TPSA) is 55.4 Å². The average molecular weight is 311 g/mol. The molecule has 23 heavy (non-hydrogen) atoms. The Balaban J connectivity index is 1.84. The molecule has 120 valence electrons. The molecule has 0 atom stereocenters. The molecule has 0 bridgehead atoms. The van der Waals surface area contributed by atoms with E-state index in [0.717, 1.165) is 22.4 Å². The highest BCUT2D eigenvalue weighted by molar-refractivity contribution is 5.94. The summed E-state index contributed by atoms with van der Waals surface area (Å²) in [6.07, 6.45) is 0.142. The van der Waals surface area contributed by atoms with Gasteiger partial charge in [-0.25, -0.2) is 0 Å². The van der Waals surface area contributed by atoms with Gasteiger partial charge in [0.05, 0.1) is 6.42 Å². The van der Waals surface area contributed by atoms with Crippen LogP contribution in [-0.2, 0) is 9.59 Å². The van der Waals surface area contributed by atoms with Crippen molar-refractivity contribution in [3.63, 3.8) is 0 Å². The van der Waals surface area contributed by atoms with E-state index in [-0.39, 0.29) is 18.7 Å². The van der Waals surface area contributed by atoms with Crippen LogP contribution >= 0.6 is 0 Å². The predicted octanol–water partition coefficient (Wildman–Crippen LogP) is 3.94. The molecular weight excluding hydrogens is 290 g/mol. The van der Waals surface area contributed by atoms with E-state index in [4.69, 9.17) is 4.74 Å². The minimum absolute atomic E-state index is 0.0463. The normalized spacial score (nSPS) is 10.2. The molecule has 1 N–H and O–H groups in total. The Hall–Kier alpha value is -2.62. The van der Waals surface area contributed by atoms with Gasteiger partial charge in [0.1, 0.15) is 5.75 Å². The Morgan fingerprint density at radius 1 is 0.913 bits per heavy atom. The van der Waals surface area contributed by atoms with Crippen LogP contribution in [0.3, 0.4) is 0 Å². The third-order valence-corrected chi connectivity index (χ3v) is 3.55. The summed E-state index contributed by atoms with van der Waals surface area (Å²) >= 11 is 0. The second-order valence-corrected chi connectivity index (χ2v) is 5.60. The SMILES string of the molecule is Cc1ccc(OC(=O)CCC(=O)Nc2c(C)cccc2C)cc1. The van der Waals surface area contributed by atoms with E-state index in [1.165, 1.54) is 0 Å². The van der Waals surface area contributed by atoms with E-state index < -0.39 is 5.97 Å². The van der Waals surface area contributed by atoms with Crippen molar-refractivity contribution in [2.24, 2.45) is 0 Å². The predicted molar refractivity (Wildman–Crippen MR) is 90.6 cm³/mol. The molecular formula is C19H21NO3. The fraction of sp³-hybridized carbons (Fsp3) is 0.263. The van der Waals surface area contributed by atoms with Crippen LogP contribution in [0, 0.1) is 20.8 Å². The van der Waals surface area contributed by atoms with Gasteiger partial charge >= 0.3 is 5.97 Å². The van der Waals surface area contributed by atoms with Gasteiger partial charge in [0.25, 0.3) is 0 Å². The minimum Gasteiger partial charge on any atom is -0.427 e. The summed E-state index contributed by atoms with van der Waals surface area (Å²) < 4.78 is 5.20. The lowest BCUT2D eigenvalue weighted by Gasteiger charge is -2.11. The first kappa shape index (κ1) is 16.7. The van der Waals surface area contributed by atoms with E-state index in [2.05, 4.69) is 5.32 Å². The van der Waals surface area contributed by atoms with Gasteiger partial charge in [-0.2, -0.15) is 0 Å². The number of nitrogens with one attached hydrogen (secondary N) is 1. The van der Waals surface area contributed by atoms with Gasteiger partial charge in [0, 0.05) is 12.1 Å². The Morgan fingerprint density at radius 3 is 2.13 bits per heavy atom. The summed E-state index contributed by atoms with van der Waals surface area (Å²) in [5.41, 5.74) is 3.91. The van der Waals surface area contributed by atoms with Crippen LogP contribution in [0.2, 0.25) is 0 Å². The number of esters is 1. The third-order valence-electron chi connectivity index (χ3n) is 3.55. The second kappa shape index (κ2) is 7.58. The van der Waals surface area contributed by atoms with E-state index in [1.54, 1.807) is 12.1 Å². The molecule has 2 aromatic rings. The number of aryl methyl sites for hydroxylation is 3. The van der Waals surface area contributed by atoms with Crippen LogP contribution < -0.4 is 10.1 Å². The lowest BCUT2D eigenvalue weighted by Crippen LogP contribution is -2.17. The van der Waals surface area contributed by atoms with Crippen molar-refractivity contribution < 1.29 is 14.3 Å². The Bertz CT molecular complexity index is 685. The number of ether oxygens (including phenoxy) is 1. The van der Waals surface area contributed by atoms with Crippen molar-refractivity contribution >= 4 is 17.6 Å². The first-order valence-electron chi connectivity index (χ1n) is 7.59. The van der Waals surface area contributed by atoms with Crippen LogP contribution in [0.4, 0.5) is 5.69 Å². The molecule has 0 saturated carbocycles. The maximum Gasteiger partial charge on any atom is 0.311 e. The molecule has 2 rings (SSSR count). The first-order valence-corrected chi connectivity index (χ1v) is 7.59. The first-order chi connectivity index (χ1) is 11.0. The van der Waals surface area contributed by atoms with Gasteiger partial charge in [-0.15, -0.1) is 0 Å². The zero-order chi connectivity index (χ0) is 16.8. The molecule has 0 aromatic heterocycles. The fourth-order valence-corrected chi connectivity index (χ4v) is 2.22. The van der Waals surface area contributed by atoms with E-state index in [1.807, 2.05) is 51.1 Å². The third kappa shape index (κ3) is 4.95. The maximum atomic E-state index is 12.0. The van der Waals surface area contributed by atoms with Crippen LogP contribution in [0.5, 0.6) is 5.75 Å². The lowest BCUT2D eigenvalue weighted by molar-refractivity contribution is -0.135. The summed E-state index contributed by atoms with van der Waals surface area (Å²) in [6.45, 7) is 5.84. The van der Waals surface area contributed by atoms with Gasteiger partial charge in [-0.05, 0) is 44.0 Å². The molecule has 1 amide bonds. The molecule has 0 aliphatic carbocycles. The number of hydrogen-bond donors (Lipinski definition) is 1. The van der Waals surface area contributed by atoms with Gasteiger partial charge in [0.2, 0.25) is 5.91 Å². The molecule has 0 aliphatic rings. The molecule has 0 unspecified atom stereocenters. The van der Waals surface area contributed by atoms with Crippen LogP contribution in [0.15, 0.2) is 42.5 Å². The average Bonchev–Trinajstić information content (AvgIpc) is 2.51. The number of rotatable bonds is 5. The van der Waals surface area contributed by atoms with Crippen LogP contribution in [-0.4, -0.2) is 11.9 Å². The zero-order valence-corrected chi connectivity index (χ0v) is 13.7.